The maximum Gasteiger partial charge on any atom is 0.309 e. The molecule has 0 aliphatic carbocycles. The number of amides is 1. The number of carbonyl (C=O) groups excluding carboxylic acids is 2. The highest BCUT2D eigenvalue weighted by molar-refractivity contribution is 9.10. The number of benzene rings is 3. The number of esters is 1. The molecule has 1 amide bonds. The summed E-state index contributed by atoms with van der Waals surface area (Å²) in [7, 11) is 4.79. The maximum atomic E-state index is 12.6. The van der Waals surface area contributed by atoms with Crippen molar-refractivity contribution in [3.8, 4) is 17.2 Å². The molecule has 208 valence electrons. The lowest BCUT2D eigenvalue weighted by Gasteiger charge is -2.17. The number of rotatable bonds is 15. The number of unbranched alkanes of at least 4 members (excludes halogenated alkanes) is 1. The van der Waals surface area contributed by atoms with Gasteiger partial charge in [-0.05, 0) is 72.4 Å². The van der Waals surface area contributed by atoms with E-state index in [0.717, 1.165) is 40.6 Å². The molecule has 0 aromatic heterocycles. The third-order valence-corrected chi connectivity index (χ3v) is 6.75. The summed E-state index contributed by atoms with van der Waals surface area (Å²) in [5, 5.41) is 0. The highest BCUT2D eigenvalue weighted by Gasteiger charge is 2.11. The van der Waals surface area contributed by atoms with Crippen molar-refractivity contribution >= 4 is 27.8 Å². The van der Waals surface area contributed by atoms with Crippen LogP contribution in [0.2, 0.25) is 0 Å². The lowest BCUT2D eigenvalue weighted by molar-refractivity contribution is -0.139. The number of halogens is 1. The van der Waals surface area contributed by atoms with Crippen LogP contribution in [0.15, 0.2) is 71.2 Å². The van der Waals surface area contributed by atoms with Gasteiger partial charge in [0.25, 0.3) is 0 Å². The first-order valence-corrected chi connectivity index (χ1v) is 13.7. The molecule has 0 saturated heterocycles. The van der Waals surface area contributed by atoms with E-state index >= 15 is 0 Å². The molecule has 0 spiro atoms. The largest absolute Gasteiger partial charge is 0.494 e. The van der Waals surface area contributed by atoms with Gasteiger partial charge in [0, 0.05) is 18.1 Å². The van der Waals surface area contributed by atoms with Crippen molar-refractivity contribution in [2.24, 2.45) is 0 Å². The second-order valence-electron chi connectivity index (χ2n) is 9.15. The maximum absolute atomic E-state index is 12.6. The van der Waals surface area contributed by atoms with Crippen molar-refractivity contribution in [1.82, 2.24) is 4.90 Å². The van der Waals surface area contributed by atoms with Crippen LogP contribution < -0.4 is 14.2 Å². The molecule has 0 aliphatic rings. The average molecular weight is 599 g/mol. The molecule has 0 fully saturated rings. The Labute approximate surface area is 239 Å². The zero-order valence-electron chi connectivity index (χ0n) is 22.8. The Balaban J connectivity index is 1.33. The van der Waals surface area contributed by atoms with Crippen LogP contribution in [-0.4, -0.2) is 57.8 Å². The van der Waals surface area contributed by atoms with E-state index in [0.29, 0.717) is 37.7 Å². The Hall–Kier alpha value is -3.52. The summed E-state index contributed by atoms with van der Waals surface area (Å²) >= 11 is 3.44. The quantitative estimate of drug-likeness (QED) is 0.166. The molecule has 0 radical (unpaired) electrons. The summed E-state index contributed by atoms with van der Waals surface area (Å²) in [5.74, 6) is 1.79. The van der Waals surface area contributed by atoms with E-state index in [9.17, 15) is 9.59 Å². The molecule has 3 rings (SSSR count). The van der Waals surface area contributed by atoms with Crippen LogP contribution >= 0.6 is 15.9 Å². The van der Waals surface area contributed by atoms with Gasteiger partial charge in [-0.3, -0.25) is 9.59 Å². The molecule has 0 bridgehead atoms. The summed E-state index contributed by atoms with van der Waals surface area (Å²) in [5.41, 5.74) is 2.97. The third-order valence-electron chi connectivity index (χ3n) is 6.22. The minimum atomic E-state index is -0.301. The minimum absolute atomic E-state index is 0.0931. The van der Waals surface area contributed by atoms with E-state index in [1.54, 1.807) is 24.1 Å². The molecule has 8 heteroatoms. The van der Waals surface area contributed by atoms with Crippen LogP contribution in [0.25, 0.3) is 0 Å². The molecule has 3 aromatic carbocycles. The van der Waals surface area contributed by atoms with E-state index in [2.05, 4.69) is 28.1 Å². The first kappa shape index (κ1) is 30.0. The van der Waals surface area contributed by atoms with Gasteiger partial charge in [-0.2, -0.15) is 0 Å². The molecular weight excluding hydrogens is 562 g/mol. The fourth-order valence-electron chi connectivity index (χ4n) is 3.84. The van der Waals surface area contributed by atoms with Gasteiger partial charge in [-0.15, -0.1) is 0 Å². The SMILES string of the molecule is COC(=O)Cc1ccc(OCCCCOc2ccc(CC(=O)N(C)CCc3ccc(Br)cc3)cc2)c(OC)c1. The summed E-state index contributed by atoms with van der Waals surface area (Å²) in [6.07, 6.45) is 3.01. The summed E-state index contributed by atoms with van der Waals surface area (Å²) < 4.78 is 22.8. The molecule has 0 unspecified atom stereocenters. The standard InChI is InChI=1S/C31H36BrNO6/c1-33(17-16-23-6-11-26(32)12-7-23)30(34)21-24-8-13-27(14-9-24)38-18-4-5-19-39-28-15-10-25(20-29(28)36-2)22-31(35)37-3/h6-15,20H,4-5,16-19,21-22H2,1-3H3. The summed E-state index contributed by atoms with van der Waals surface area (Å²) in [6, 6.07) is 21.3. The van der Waals surface area contributed by atoms with E-state index < -0.39 is 0 Å². The average Bonchev–Trinajstić information content (AvgIpc) is 2.95. The first-order valence-electron chi connectivity index (χ1n) is 12.9. The van der Waals surface area contributed by atoms with E-state index in [4.69, 9.17) is 18.9 Å². The van der Waals surface area contributed by atoms with E-state index in [1.165, 1.54) is 12.7 Å². The Morgan fingerprint density at radius 2 is 1.41 bits per heavy atom. The van der Waals surface area contributed by atoms with Gasteiger partial charge in [0.2, 0.25) is 5.91 Å². The van der Waals surface area contributed by atoms with Crippen molar-refractivity contribution in [3.05, 3.63) is 87.9 Å². The van der Waals surface area contributed by atoms with Crippen molar-refractivity contribution in [1.29, 1.82) is 0 Å². The van der Waals surface area contributed by atoms with Crippen molar-refractivity contribution in [3.63, 3.8) is 0 Å². The molecule has 7 nitrogen and oxygen atoms in total. The lowest BCUT2D eigenvalue weighted by atomic mass is 10.1. The van der Waals surface area contributed by atoms with Crippen LogP contribution in [0, 0.1) is 0 Å². The highest BCUT2D eigenvalue weighted by Crippen LogP contribution is 2.28. The Bertz CT molecular complexity index is 1200. The van der Waals surface area contributed by atoms with Crippen molar-refractivity contribution in [2.75, 3.05) is 41.0 Å². The topological polar surface area (TPSA) is 74.3 Å². The number of nitrogens with zero attached hydrogens (tertiary/aromatic N) is 1. The molecule has 3 aromatic rings. The van der Waals surface area contributed by atoms with Gasteiger partial charge in [0.1, 0.15) is 5.75 Å². The predicted molar refractivity (Wildman–Crippen MR) is 155 cm³/mol. The van der Waals surface area contributed by atoms with Crippen molar-refractivity contribution < 1.29 is 28.5 Å². The number of hydrogen-bond acceptors (Lipinski definition) is 6. The number of carbonyl (C=O) groups is 2. The highest BCUT2D eigenvalue weighted by atomic mass is 79.9. The normalized spacial score (nSPS) is 10.6. The molecule has 39 heavy (non-hydrogen) atoms. The zero-order chi connectivity index (χ0) is 28.0. The van der Waals surface area contributed by atoms with Gasteiger partial charge in [-0.1, -0.05) is 46.3 Å². The van der Waals surface area contributed by atoms with Crippen LogP contribution in [-0.2, 0) is 33.6 Å². The number of likely N-dealkylation sites (N-methyl/N-ethyl adjacent to an activating group) is 1. The number of methoxy groups -OCH3 is 2. The Morgan fingerprint density at radius 1 is 0.769 bits per heavy atom. The fourth-order valence-corrected chi connectivity index (χ4v) is 4.11. The van der Waals surface area contributed by atoms with Crippen molar-refractivity contribution in [2.45, 2.75) is 32.1 Å². The molecule has 0 saturated carbocycles. The van der Waals surface area contributed by atoms with E-state index in [-0.39, 0.29) is 18.3 Å². The second-order valence-corrected chi connectivity index (χ2v) is 10.1. The van der Waals surface area contributed by atoms with Crippen LogP contribution in [0.5, 0.6) is 17.2 Å². The van der Waals surface area contributed by atoms with Gasteiger partial charge in [-0.25, -0.2) is 0 Å². The molecule has 0 aliphatic heterocycles. The lowest BCUT2D eigenvalue weighted by Crippen LogP contribution is -2.30. The smallest absolute Gasteiger partial charge is 0.309 e. The van der Waals surface area contributed by atoms with Gasteiger partial charge in [0.15, 0.2) is 11.5 Å². The summed E-state index contributed by atoms with van der Waals surface area (Å²) in [6.45, 7) is 1.76. The predicted octanol–water partition coefficient (Wildman–Crippen LogP) is 5.65. The van der Waals surface area contributed by atoms with Crippen LogP contribution in [0.3, 0.4) is 0 Å². The molecule has 0 atom stereocenters. The molecule has 0 N–H and O–H groups in total. The third kappa shape index (κ3) is 10.3. The van der Waals surface area contributed by atoms with Gasteiger partial charge >= 0.3 is 5.97 Å². The number of hydrogen-bond donors (Lipinski definition) is 0. The monoisotopic (exact) mass is 597 g/mol. The fraction of sp³-hybridized carbons (Fsp3) is 0.355. The van der Waals surface area contributed by atoms with Crippen LogP contribution in [0.1, 0.15) is 29.5 Å². The van der Waals surface area contributed by atoms with Crippen LogP contribution in [0.4, 0.5) is 0 Å². The second kappa shape index (κ2) is 15.8. The zero-order valence-corrected chi connectivity index (χ0v) is 24.4. The van der Waals surface area contributed by atoms with Gasteiger partial charge < -0.3 is 23.8 Å². The first-order chi connectivity index (χ1) is 18.9. The minimum Gasteiger partial charge on any atom is -0.494 e. The Kier molecular flexibility index (Phi) is 12.2. The number of ether oxygens (including phenoxy) is 4. The molecular formula is C31H36BrNO6. The Morgan fingerprint density at radius 3 is 2.08 bits per heavy atom. The molecule has 0 heterocycles. The van der Waals surface area contributed by atoms with E-state index in [1.807, 2.05) is 49.5 Å². The summed E-state index contributed by atoms with van der Waals surface area (Å²) in [4.78, 5) is 25.9. The van der Waals surface area contributed by atoms with Gasteiger partial charge in [0.05, 0.1) is 40.3 Å².